The third kappa shape index (κ3) is 14.7. The lowest BCUT2D eigenvalue weighted by Crippen LogP contribution is -1.88. The maximum Gasteiger partial charge on any atom is 0.153 e. The largest absolute Gasteiger partial charge is 0.496 e. The molecule has 0 N–H and O–H groups in total. The molecule has 0 unspecified atom stereocenters. The van der Waals surface area contributed by atoms with Crippen molar-refractivity contribution in [3.05, 3.63) is 29.8 Å². The van der Waals surface area contributed by atoms with Crippen LogP contribution in [-0.2, 0) is 0 Å². The van der Waals surface area contributed by atoms with Gasteiger partial charge in [0.05, 0.1) is 12.7 Å². The minimum Gasteiger partial charge on any atom is -0.496 e. The van der Waals surface area contributed by atoms with Crippen LogP contribution in [0.2, 0.25) is 0 Å². The monoisotopic (exact) mass is 348 g/mol. The summed E-state index contributed by atoms with van der Waals surface area (Å²) in [6.07, 6.45) is 19.7. The highest BCUT2D eigenvalue weighted by Gasteiger charge is 1.96. The second-order valence-corrected chi connectivity index (χ2v) is 6.75. The molecular weight excluding hydrogens is 308 g/mol. The van der Waals surface area contributed by atoms with Crippen LogP contribution in [0.25, 0.3) is 0 Å². The summed E-state index contributed by atoms with van der Waals surface area (Å²) in [5.41, 5.74) is 0.588. The van der Waals surface area contributed by atoms with Crippen LogP contribution < -0.4 is 4.74 Å². The second kappa shape index (κ2) is 19.0. The summed E-state index contributed by atoms with van der Waals surface area (Å²) in [4.78, 5) is 10.3. The summed E-state index contributed by atoms with van der Waals surface area (Å²) < 4.78 is 4.90. The van der Waals surface area contributed by atoms with Gasteiger partial charge in [0.1, 0.15) is 5.75 Å². The molecule has 0 radical (unpaired) electrons. The number of benzene rings is 1. The number of methoxy groups -OCH3 is 1. The van der Waals surface area contributed by atoms with Gasteiger partial charge < -0.3 is 4.74 Å². The van der Waals surface area contributed by atoms with Crippen molar-refractivity contribution < 1.29 is 9.53 Å². The van der Waals surface area contributed by atoms with Crippen LogP contribution in [0, 0.1) is 0 Å². The predicted molar refractivity (Wildman–Crippen MR) is 110 cm³/mol. The molecule has 1 rings (SSSR count). The lowest BCUT2D eigenvalue weighted by Gasteiger charge is -2.01. The van der Waals surface area contributed by atoms with Crippen molar-refractivity contribution in [2.24, 2.45) is 0 Å². The molecule has 2 heteroatoms. The second-order valence-electron chi connectivity index (χ2n) is 6.75. The highest BCUT2D eigenvalue weighted by molar-refractivity contribution is 5.79. The summed E-state index contributed by atoms with van der Waals surface area (Å²) in [5, 5.41) is 0. The molecule has 0 aliphatic rings. The molecule has 0 aromatic heterocycles. The number of hydrogen-bond acceptors (Lipinski definition) is 2. The fourth-order valence-corrected chi connectivity index (χ4v) is 2.85. The van der Waals surface area contributed by atoms with E-state index in [-0.39, 0.29) is 0 Å². The average molecular weight is 349 g/mol. The zero-order valence-electron chi connectivity index (χ0n) is 16.9. The van der Waals surface area contributed by atoms with Gasteiger partial charge in [0.2, 0.25) is 0 Å². The van der Waals surface area contributed by atoms with E-state index in [1.165, 1.54) is 83.5 Å². The Hall–Kier alpha value is -1.31. The highest BCUT2D eigenvalue weighted by atomic mass is 16.5. The van der Waals surface area contributed by atoms with E-state index in [0.29, 0.717) is 11.3 Å². The molecule has 0 bridgehead atoms. The standard InChI is InChI=1S/C15H32.C8H8O2/c1-3-5-7-9-11-13-15-14-12-10-8-6-4-2;1-10-8-5-3-2-4-7(8)6-9/h3-15H2,1-2H3;2-6H,1H3. The Morgan fingerprint density at radius 3 is 1.44 bits per heavy atom. The first-order valence-corrected chi connectivity index (χ1v) is 10.4. The number of aldehydes is 1. The Balaban J connectivity index is 0.000000496. The minimum absolute atomic E-state index is 0.588. The summed E-state index contributed by atoms with van der Waals surface area (Å²) in [7, 11) is 1.54. The average Bonchev–Trinajstić information content (AvgIpc) is 2.66. The Morgan fingerprint density at radius 1 is 0.720 bits per heavy atom. The lowest BCUT2D eigenvalue weighted by atomic mass is 10.1. The van der Waals surface area contributed by atoms with Crippen molar-refractivity contribution in [3.8, 4) is 5.75 Å². The molecule has 25 heavy (non-hydrogen) atoms. The highest BCUT2D eigenvalue weighted by Crippen LogP contribution is 2.14. The first kappa shape index (κ1) is 23.7. The van der Waals surface area contributed by atoms with Gasteiger partial charge >= 0.3 is 0 Å². The molecule has 0 heterocycles. The SMILES string of the molecule is CCCCCCCCCCCCCCC.COc1ccccc1C=O. The van der Waals surface area contributed by atoms with Crippen LogP contribution in [0.4, 0.5) is 0 Å². The van der Waals surface area contributed by atoms with Gasteiger partial charge in [-0.2, -0.15) is 0 Å². The normalized spacial score (nSPS) is 10.0. The van der Waals surface area contributed by atoms with Crippen molar-refractivity contribution in [3.63, 3.8) is 0 Å². The van der Waals surface area contributed by atoms with E-state index in [0.717, 1.165) is 6.29 Å². The van der Waals surface area contributed by atoms with Crippen molar-refractivity contribution >= 4 is 6.29 Å². The quantitative estimate of drug-likeness (QED) is 0.255. The van der Waals surface area contributed by atoms with Crippen molar-refractivity contribution in [2.75, 3.05) is 7.11 Å². The minimum atomic E-state index is 0.588. The summed E-state index contributed by atoms with van der Waals surface area (Å²) in [6, 6.07) is 7.09. The Bertz CT molecular complexity index is 389. The third-order valence-corrected chi connectivity index (χ3v) is 4.47. The Labute approximate surface area is 156 Å². The van der Waals surface area contributed by atoms with E-state index in [1.807, 2.05) is 6.07 Å². The third-order valence-electron chi connectivity index (χ3n) is 4.47. The topological polar surface area (TPSA) is 26.3 Å². The fraction of sp³-hybridized carbons (Fsp3) is 0.696. The lowest BCUT2D eigenvalue weighted by molar-refractivity contribution is 0.112. The molecular formula is C23H40O2. The zero-order valence-corrected chi connectivity index (χ0v) is 16.9. The molecule has 0 saturated carbocycles. The first-order valence-electron chi connectivity index (χ1n) is 10.4. The molecule has 0 atom stereocenters. The number of unbranched alkanes of at least 4 members (excludes halogenated alkanes) is 12. The summed E-state index contributed by atoms with van der Waals surface area (Å²) >= 11 is 0. The van der Waals surface area contributed by atoms with Gasteiger partial charge in [-0.1, -0.05) is 109 Å². The molecule has 0 saturated heterocycles. The molecule has 0 amide bonds. The van der Waals surface area contributed by atoms with Gasteiger partial charge in [-0.25, -0.2) is 0 Å². The number of carbonyl (C=O) groups excluding carboxylic acids is 1. The Morgan fingerprint density at radius 2 is 1.12 bits per heavy atom. The van der Waals surface area contributed by atoms with Crippen LogP contribution in [0.15, 0.2) is 24.3 Å². The van der Waals surface area contributed by atoms with Gasteiger partial charge in [0, 0.05) is 0 Å². The van der Waals surface area contributed by atoms with Crippen LogP contribution >= 0.6 is 0 Å². The molecule has 0 aliphatic carbocycles. The number of rotatable bonds is 14. The molecule has 1 aromatic carbocycles. The molecule has 0 aliphatic heterocycles. The summed E-state index contributed by atoms with van der Waals surface area (Å²) in [6.45, 7) is 4.58. The molecule has 144 valence electrons. The zero-order chi connectivity index (χ0) is 18.6. The van der Waals surface area contributed by atoms with Crippen LogP contribution in [0.1, 0.15) is 108 Å². The van der Waals surface area contributed by atoms with E-state index >= 15 is 0 Å². The van der Waals surface area contributed by atoms with E-state index in [1.54, 1.807) is 25.3 Å². The molecule has 2 nitrogen and oxygen atoms in total. The van der Waals surface area contributed by atoms with Crippen molar-refractivity contribution in [2.45, 2.75) is 97.3 Å². The van der Waals surface area contributed by atoms with Crippen LogP contribution in [0.5, 0.6) is 5.75 Å². The molecule has 0 fully saturated rings. The van der Waals surface area contributed by atoms with E-state index < -0.39 is 0 Å². The van der Waals surface area contributed by atoms with Gasteiger partial charge in [-0.15, -0.1) is 0 Å². The van der Waals surface area contributed by atoms with Gasteiger partial charge in [-0.05, 0) is 12.1 Å². The van der Waals surface area contributed by atoms with Crippen molar-refractivity contribution in [1.29, 1.82) is 0 Å². The number of para-hydroxylation sites is 1. The first-order chi connectivity index (χ1) is 12.3. The van der Waals surface area contributed by atoms with Gasteiger partial charge in [0.15, 0.2) is 6.29 Å². The Kier molecular flexibility index (Phi) is 18.0. The predicted octanol–water partition coefficient (Wildman–Crippen LogP) is 7.61. The van der Waals surface area contributed by atoms with Crippen LogP contribution in [-0.4, -0.2) is 13.4 Å². The smallest absolute Gasteiger partial charge is 0.153 e. The molecule has 1 aromatic rings. The molecule has 0 spiro atoms. The van der Waals surface area contributed by atoms with Crippen LogP contribution in [0.3, 0.4) is 0 Å². The van der Waals surface area contributed by atoms with E-state index in [4.69, 9.17) is 4.74 Å². The van der Waals surface area contributed by atoms with Gasteiger partial charge in [0.25, 0.3) is 0 Å². The van der Waals surface area contributed by atoms with E-state index in [2.05, 4.69) is 13.8 Å². The maximum absolute atomic E-state index is 10.3. The number of ether oxygens (including phenoxy) is 1. The van der Waals surface area contributed by atoms with E-state index in [9.17, 15) is 4.79 Å². The van der Waals surface area contributed by atoms with Gasteiger partial charge in [-0.3, -0.25) is 4.79 Å². The van der Waals surface area contributed by atoms with Crippen molar-refractivity contribution in [1.82, 2.24) is 0 Å². The number of hydrogen-bond donors (Lipinski definition) is 0. The summed E-state index contributed by atoms with van der Waals surface area (Å²) in [5.74, 6) is 0.623. The maximum atomic E-state index is 10.3. The number of carbonyl (C=O) groups is 1. The fourth-order valence-electron chi connectivity index (χ4n) is 2.85.